The van der Waals surface area contributed by atoms with Crippen LogP contribution in [0.3, 0.4) is 0 Å². The van der Waals surface area contributed by atoms with Gasteiger partial charge >= 0.3 is 12.1 Å². The van der Waals surface area contributed by atoms with Crippen LogP contribution in [0.1, 0.15) is 25.8 Å². The summed E-state index contributed by atoms with van der Waals surface area (Å²) in [4.78, 5) is 27.1. The second-order valence-corrected chi connectivity index (χ2v) is 4.74. The lowest BCUT2D eigenvalue weighted by molar-refractivity contribution is -0.156. The summed E-state index contributed by atoms with van der Waals surface area (Å²) in [5.74, 6) is -0.986. The smallest absolute Gasteiger partial charge is 0.431 e. The number of hydrogen-bond acceptors (Lipinski definition) is 4. The van der Waals surface area contributed by atoms with Crippen LogP contribution in [0.4, 0.5) is 4.79 Å². The molecule has 1 aromatic carbocycles. The predicted octanol–water partition coefficient (Wildman–Crippen LogP) is 2.34. The lowest BCUT2D eigenvalue weighted by Gasteiger charge is -2.15. The SMILES string of the molecule is CC(C)CC(ONC(=O)OCc1ccccc1)C(=O)O. The van der Waals surface area contributed by atoms with Crippen LogP contribution < -0.4 is 5.48 Å². The van der Waals surface area contributed by atoms with Gasteiger partial charge in [0.2, 0.25) is 0 Å². The summed E-state index contributed by atoms with van der Waals surface area (Å²) in [5, 5.41) is 8.93. The number of nitrogens with one attached hydrogen (secondary N) is 1. The lowest BCUT2D eigenvalue weighted by Crippen LogP contribution is -2.35. The van der Waals surface area contributed by atoms with E-state index in [9.17, 15) is 9.59 Å². The molecule has 1 amide bonds. The molecule has 1 aromatic rings. The number of hydrogen-bond donors (Lipinski definition) is 2. The molecule has 0 aliphatic heterocycles. The summed E-state index contributed by atoms with van der Waals surface area (Å²) >= 11 is 0. The van der Waals surface area contributed by atoms with E-state index in [0.29, 0.717) is 6.42 Å². The van der Waals surface area contributed by atoms with Crippen molar-refractivity contribution in [3.63, 3.8) is 0 Å². The molecule has 1 atom stereocenters. The number of carboxylic acids is 1. The van der Waals surface area contributed by atoms with Crippen LogP contribution in [0.25, 0.3) is 0 Å². The van der Waals surface area contributed by atoms with Gasteiger partial charge in [-0.25, -0.2) is 9.59 Å². The van der Waals surface area contributed by atoms with Crippen LogP contribution in [-0.4, -0.2) is 23.3 Å². The second kappa shape index (κ2) is 8.16. The van der Waals surface area contributed by atoms with Crippen LogP contribution in [0.15, 0.2) is 30.3 Å². The minimum Gasteiger partial charge on any atom is -0.479 e. The van der Waals surface area contributed by atoms with Crippen LogP contribution >= 0.6 is 0 Å². The molecule has 1 unspecified atom stereocenters. The number of rotatable bonds is 7. The molecule has 0 saturated carbocycles. The Morgan fingerprint density at radius 3 is 2.45 bits per heavy atom. The van der Waals surface area contributed by atoms with Crippen molar-refractivity contribution < 1.29 is 24.3 Å². The molecule has 0 bridgehead atoms. The van der Waals surface area contributed by atoms with Gasteiger partial charge in [0.05, 0.1) is 0 Å². The Balaban J connectivity index is 2.32. The van der Waals surface area contributed by atoms with E-state index in [1.807, 2.05) is 49.7 Å². The first-order chi connectivity index (χ1) is 9.49. The van der Waals surface area contributed by atoms with Crippen LogP contribution in [0, 0.1) is 5.92 Å². The number of aliphatic carboxylic acids is 1. The third-order valence-corrected chi connectivity index (χ3v) is 2.46. The summed E-state index contributed by atoms with van der Waals surface area (Å²) in [7, 11) is 0. The van der Waals surface area contributed by atoms with E-state index in [2.05, 4.69) is 0 Å². The first kappa shape index (κ1) is 16.0. The Morgan fingerprint density at radius 1 is 1.25 bits per heavy atom. The van der Waals surface area contributed by atoms with Gasteiger partial charge in [-0.15, -0.1) is 0 Å². The molecule has 0 saturated heterocycles. The standard InChI is InChI=1S/C14H19NO5/c1-10(2)8-12(13(16)17)20-15-14(18)19-9-11-6-4-3-5-7-11/h3-7,10,12H,8-9H2,1-2H3,(H,15,18)(H,16,17). The highest BCUT2D eigenvalue weighted by molar-refractivity contribution is 5.73. The number of benzene rings is 1. The van der Waals surface area contributed by atoms with E-state index in [4.69, 9.17) is 14.7 Å². The maximum Gasteiger partial charge on any atom is 0.431 e. The summed E-state index contributed by atoms with van der Waals surface area (Å²) in [6, 6.07) is 9.14. The Morgan fingerprint density at radius 2 is 1.90 bits per heavy atom. The molecule has 6 heteroatoms. The molecule has 0 fully saturated rings. The van der Waals surface area contributed by atoms with Gasteiger partial charge in [-0.2, -0.15) is 5.48 Å². The summed E-state index contributed by atoms with van der Waals surface area (Å²) in [6.07, 6.45) is -1.60. The van der Waals surface area contributed by atoms with Crippen molar-refractivity contribution in [1.82, 2.24) is 5.48 Å². The van der Waals surface area contributed by atoms with Gasteiger partial charge in [-0.3, -0.25) is 4.84 Å². The number of hydroxylamine groups is 1. The second-order valence-electron chi connectivity index (χ2n) is 4.74. The zero-order valence-corrected chi connectivity index (χ0v) is 11.5. The molecular weight excluding hydrogens is 262 g/mol. The van der Waals surface area contributed by atoms with Crippen molar-refractivity contribution in [3.8, 4) is 0 Å². The molecule has 0 spiro atoms. The van der Waals surface area contributed by atoms with Crippen LogP contribution in [-0.2, 0) is 21.0 Å². The average Bonchev–Trinajstić information content (AvgIpc) is 2.41. The molecule has 20 heavy (non-hydrogen) atoms. The minimum atomic E-state index is -1.12. The molecule has 0 aliphatic rings. The quantitative estimate of drug-likeness (QED) is 0.749. The van der Waals surface area contributed by atoms with Gasteiger partial charge in [-0.05, 0) is 17.9 Å². The van der Waals surface area contributed by atoms with Crippen molar-refractivity contribution in [3.05, 3.63) is 35.9 Å². The Bertz CT molecular complexity index is 432. The Hall–Kier alpha value is -2.08. The van der Waals surface area contributed by atoms with E-state index in [1.165, 1.54) is 0 Å². The van der Waals surface area contributed by atoms with E-state index in [0.717, 1.165) is 5.56 Å². The molecule has 110 valence electrons. The molecular formula is C14H19NO5. The first-order valence-electron chi connectivity index (χ1n) is 6.34. The van der Waals surface area contributed by atoms with Gasteiger partial charge in [0.1, 0.15) is 6.61 Å². The van der Waals surface area contributed by atoms with Gasteiger partial charge in [0, 0.05) is 0 Å². The fourth-order valence-electron chi connectivity index (χ4n) is 1.50. The van der Waals surface area contributed by atoms with Gasteiger partial charge in [0.25, 0.3) is 0 Å². The molecule has 0 radical (unpaired) electrons. The van der Waals surface area contributed by atoms with Crippen molar-refractivity contribution in [2.75, 3.05) is 0 Å². The topological polar surface area (TPSA) is 84.9 Å². The zero-order valence-electron chi connectivity index (χ0n) is 11.5. The van der Waals surface area contributed by atoms with Crippen molar-refractivity contribution in [2.45, 2.75) is 33.0 Å². The zero-order chi connectivity index (χ0) is 15.0. The third kappa shape index (κ3) is 6.19. The van der Waals surface area contributed by atoms with Crippen LogP contribution in [0.2, 0.25) is 0 Å². The van der Waals surface area contributed by atoms with E-state index < -0.39 is 18.2 Å². The lowest BCUT2D eigenvalue weighted by atomic mass is 10.1. The monoisotopic (exact) mass is 281 g/mol. The highest BCUT2D eigenvalue weighted by Crippen LogP contribution is 2.07. The molecule has 0 aromatic heterocycles. The highest BCUT2D eigenvalue weighted by atomic mass is 16.7. The maximum absolute atomic E-state index is 11.4. The highest BCUT2D eigenvalue weighted by Gasteiger charge is 2.21. The first-order valence-corrected chi connectivity index (χ1v) is 6.34. The average molecular weight is 281 g/mol. The molecule has 2 N–H and O–H groups in total. The van der Waals surface area contributed by atoms with Gasteiger partial charge in [-0.1, -0.05) is 44.2 Å². The summed E-state index contributed by atoms with van der Waals surface area (Å²) < 4.78 is 4.90. The largest absolute Gasteiger partial charge is 0.479 e. The molecule has 1 rings (SSSR count). The van der Waals surface area contributed by atoms with Gasteiger partial charge < -0.3 is 9.84 Å². The number of ether oxygens (including phenoxy) is 1. The van der Waals surface area contributed by atoms with E-state index in [1.54, 1.807) is 0 Å². The fourth-order valence-corrected chi connectivity index (χ4v) is 1.50. The predicted molar refractivity (Wildman–Crippen MR) is 71.7 cm³/mol. The van der Waals surface area contributed by atoms with Crippen LogP contribution in [0.5, 0.6) is 0 Å². The number of carbonyl (C=O) groups is 2. The molecule has 6 nitrogen and oxygen atoms in total. The summed E-state index contributed by atoms with van der Waals surface area (Å²) in [6.45, 7) is 3.83. The van der Waals surface area contributed by atoms with E-state index >= 15 is 0 Å². The van der Waals surface area contributed by atoms with Gasteiger partial charge in [0.15, 0.2) is 6.10 Å². The van der Waals surface area contributed by atoms with Crippen molar-refractivity contribution in [2.24, 2.45) is 5.92 Å². The van der Waals surface area contributed by atoms with E-state index in [-0.39, 0.29) is 12.5 Å². The normalized spacial score (nSPS) is 11.9. The minimum absolute atomic E-state index is 0.0952. The third-order valence-electron chi connectivity index (χ3n) is 2.46. The van der Waals surface area contributed by atoms with Crippen molar-refractivity contribution in [1.29, 1.82) is 0 Å². The Kier molecular flexibility index (Phi) is 6.52. The summed E-state index contributed by atoms with van der Waals surface area (Å²) in [5.41, 5.74) is 2.83. The fraction of sp³-hybridized carbons (Fsp3) is 0.429. The molecule has 0 heterocycles. The molecule has 0 aliphatic carbocycles. The Labute approximate surface area is 117 Å². The maximum atomic E-state index is 11.4. The van der Waals surface area contributed by atoms with Crippen molar-refractivity contribution >= 4 is 12.1 Å². The number of carboxylic acid groups (broad SMARTS) is 1. The number of carbonyl (C=O) groups excluding carboxylic acids is 1. The number of amides is 1.